The van der Waals surface area contributed by atoms with Crippen molar-refractivity contribution in [1.82, 2.24) is 0 Å². The second-order valence-electron chi connectivity index (χ2n) is 8.30. The van der Waals surface area contributed by atoms with Gasteiger partial charge in [-0.2, -0.15) is 8.78 Å². The van der Waals surface area contributed by atoms with E-state index in [2.05, 4.69) is 4.74 Å². The predicted octanol–water partition coefficient (Wildman–Crippen LogP) is 9.00. The van der Waals surface area contributed by atoms with E-state index in [1.165, 1.54) is 0 Å². The zero-order valence-corrected chi connectivity index (χ0v) is 19.3. The highest BCUT2D eigenvalue weighted by atomic mass is 19.2. The molecule has 0 amide bonds. The van der Waals surface area contributed by atoms with Crippen LogP contribution >= 0.6 is 0 Å². The number of halogens is 12. The first-order valence-electron chi connectivity index (χ1n) is 10.8. The Hall–Kier alpha value is -4.42. The fourth-order valence-electron chi connectivity index (χ4n) is 4.63. The van der Waals surface area contributed by atoms with Gasteiger partial charge in [-0.25, -0.2) is 43.9 Å². The lowest BCUT2D eigenvalue weighted by Crippen LogP contribution is -2.08. The topological polar surface area (TPSA) is 9.23 Å². The number of methoxy groups -OCH3 is 1. The van der Waals surface area contributed by atoms with Crippen LogP contribution in [0.3, 0.4) is 0 Å². The van der Waals surface area contributed by atoms with E-state index in [0.29, 0.717) is 25.3 Å². The van der Waals surface area contributed by atoms with Crippen LogP contribution in [0, 0.1) is 69.8 Å². The molecule has 206 valence electrons. The van der Waals surface area contributed by atoms with Gasteiger partial charge in [-0.3, -0.25) is 0 Å². The van der Waals surface area contributed by atoms with Gasteiger partial charge < -0.3 is 4.74 Å². The van der Waals surface area contributed by atoms with E-state index < -0.39 is 119 Å². The van der Waals surface area contributed by atoms with Crippen LogP contribution in [0.2, 0.25) is 0 Å². The van der Waals surface area contributed by atoms with Crippen molar-refractivity contribution in [3.05, 3.63) is 100 Å². The highest BCUT2D eigenvalue weighted by Gasteiger charge is 2.35. The molecule has 5 rings (SSSR count). The Kier molecular flexibility index (Phi) is 6.35. The second-order valence-corrected chi connectivity index (χ2v) is 8.30. The third-order valence-electron chi connectivity index (χ3n) is 6.27. The Labute approximate surface area is 214 Å². The summed E-state index contributed by atoms with van der Waals surface area (Å²) in [5.41, 5.74) is -6.26. The van der Waals surface area contributed by atoms with Gasteiger partial charge in [-0.05, 0) is 23.6 Å². The first-order chi connectivity index (χ1) is 18.8. The Morgan fingerprint density at radius 3 is 1.30 bits per heavy atom. The van der Waals surface area contributed by atoms with Crippen LogP contribution in [0.4, 0.5) is 52.7 Å². The van der Waals surface area contributed by atoms with E-state index in [4.69, 9.17) is 0 Å². The molecule has 40 heavy (non-hydrogen) atoms. The van der Waals surface area contributed by atoms with E-state index >= 15 is 22.0 Å². The Morgan fingerprint density at radius 1 is 0.400 bits per heavy atom. The van der Waals surface area contributed by atoms with Crippen molar-refractivity contribution in [3.8, 4) is 28.0 Å². The summed E-state index contributed by atoms with van der Waals surface area (Å²) in [4.78, 5) is 0. The van der Waals surface area contributed by atoms with E-state index in [1.54, 1.807) is 0 Å². The SMILES string of the molecule is COc1c(F)c(F)c(-c2c3c(F)cccc3c(-c3c(F)c(F)c(F)c(F)c3F)c3c(F)ccc(F)c23)c(F)c1F. The number of rotatable bonds is 3. The van der Waals surface area contributed by atoms with Gasteiger partial charge >= 0.3 is 0 Å². The highest BCUT2D eigenvalue weighted by molar-refractivity contribution is 6.22. The summed E-state index contributed by atoms with van der Waals surface area (Å²) in [7, 11) is 0.651. The zero-order chi connectivity index (χ0) is 29.4. The summed E-state index contributed by atoms with van der Waals surface area (Å²) >= 11 is 0. The monoisotopic (exact) mass is 576 g/mol. The van der Waals surface area contributed by atoms with Crippen molar-refractivity contribution in [1.29, 1.82) is 0 Å². The fourth-order valence-corrected chi connectivity index (χ4v) is 4.63. The zero-order valence-electron chi connectivity index (χ0n) is 19.3. The van der Waals surface area contributed by atoms with E-state index in [0.717, 1.165) is 12.1 Å². The molecule has 0 aromatic heterocycles. The summed E-state index contributed by atoms with van der Waals surface area (Å²) < 4.78 is 182. The lowest BCUT2D eigenvalue weighted by molar-refractivity contribution is 0.334. The lowest BCUT2D eigenvalue weighted by Gasteiger charge is -2.21. The number of benzene rings is 5. The minimum Gasteiger partial charge on any atom is -0.491 e. The molecule has 0 atom stereocenters. The Bertz CT molecular complexity index is 1860. The fraction of sp³-hybridized carbons (Fsp3) is 0.0370. The third-order valence-corrected chi connectivity index (χ3v) is 6.27. The quantitative estimate of drug-likeness (QED) is 0.0902. The number of ether oxygens (including phenoxy) is 1. The van der Waals surface area contributed by atoms with Crippen LogP contribution in [0.15, 0.2) is 30.3 Å². The molecule has 5 aromatic rings. The molecule has 0 aliphatic heterocycles. The normalized spacial score (nSPS) is 11.6. The van der Waals surface area contributed by atoms with Crippen LogP contribution in [0.1, 0.15) is 0 Å². The van der Waals surface area contributed by atoms with Gasteiger partial charge in [-0.1, -0.05) is 12.1 Å². The molecule has 0 fully saturated rings. The van der Waals surface area contributed by atoms with Crippen molar-refractivity contribution >= 4 is 21.5 Å². The summed E-state index contributed by atoms with van der Waals surface area (Å²) in [5, 5.41) is -4.88. The molecule has 0 spiro atoms. The smallest absolute Gasteiger partial charge is 0.204 e. The highest BCUT2D eigenvalue weighted by Crippen LogP contribution is 2.50. The third kappa shape index (κ3) is 3.52. The predicted molar refractivity (Wildman–Crippen MR) is 118 cm³/mol. The average molecular weight is 576 g/mol. The molecule has 0 radical (unpaired) electrons. The van der Waals surface area contributed by atoms with Crippen LogP contribution in [0.5, 0.6) is 5.75 Å². The van der Waals surface area contributed by atoms with Crippen LogP contribution in [-0.4, -0.2) is 7.11 Å². The maximum atomic E-state index is 15.4. The van der Waals surface area contributed by atoms with Crippen molar-refractivity contribution in [2.24, 2.45) is 0 Å². The minimum absolute atomic E-state index is 0.322. The first kappa shape index (κ1) is 27.2. The number of fused-ring (bicyclic) bond motifs is 2. The average Bonchev–Trinajstić information content (AvgIpc) is 2.93. The number of hydrogen-bond donors (Lipinski definition) is 0. The van der Waals surface area contributed by atoms with Crippen molar-refractivity contribution < 1.29 is 57.4 Å². The summed E-state index contributed by atoms with van der Waals surface area (Å²) in [5.74, 6) is -27.9. The molecular weight excluding hydrogens is 568 g/mol. The van der Waals surface area contributed by atoms with Gasteiger partial charge in [-0.15, -0.1) is 0 Å². The molecule has 0 unspecified atom stereocenters. The lowest BCUT2D eigenvalue weighted by atomic mass is 9.84. The molecule has 0 heterocycles. The van der Waals surface area contributed by atoms with Crippen LogP contribution in [-0.2, 0) is 0 Å². The molecule has 0 saturated heterocycles. The Balaban J connectivity index is 2.18. The first-order valence-corrected chi connectivity index (χ1v) is 10.8. The molecule has 0 saturated carbocycles. The summed E-state index contributed by atoms with van der Waals surface area (Å²) in [6.07, 6.45) is 0. The molecular formula is C27H8F12O. The van der Waals surface area contributed by atoms with Crippen LogP contribution < -0.4 is 4.74 Å². The molecule has 5 aromatic carbocycles. The van der Waals surface area contributed by atoms with Gasteiger partial charge in [0.15, 0.2) is 40.7 Å². The van der Waals surface area contributed by atoms with Crippen molar-refractivity contribution in [2.75, 3.05) is 7.11 Å². The van der Waals surface area contributed by atoms with Gasteiger partial charge in [0, 0.05) is 27.3 Å². The molecule has 1 nitrogen and oxygen atoms in total. The molecule has 0 aliphatic carbocycles. The Morgan fingerprint density at radius 2 is 0.800 bits per heavy atom. The summed E-state index contributed by atoms with van der Waals surface area (Å²) in [6.45, 7) is 0. The minimum atomic E-state index is -2.60. The van der Waals surface area contributed by atoms with E-state index in [-0.39, 0.29) is 0 Å². The number of hydrogen-bond acceptors (Lipinski definition) is 1. The molecule has 0 N–H and O–H groups in total. The molecule has 13 heteroatoms. The maximum absolute atomic E-state index is 15.4. The van der Waals surface area contributed by atoms with Gasteiger partial charge in [0.25, 0.3) is 0 Å². The standard InChI is InChI=1S/C27H8F12O/c1-40-27-25(38)20(33)17(21(34)26(27)39)15-11-7(3-2-4-8(11)28)12(13-9(29)5-6-10(30)14(13)15)16-18(31)22(35)24(37)23(36)19(16)32/h2-6H,1H3. The largest absolute Gasteiger partial charge is 0.491 e. The van der Waals surface area contributed by atoms with Crippen molar-refractivity contribution in [2.45, 2.75) is 0 Å². The van der Waals surface area contributed by atoms with E-state index in [1.807, 2.05) is 0 Å². The molecule has 0 aliphatic rings. The van der Waals surface area contributed by atoms with Crippen molar-refractivity contribution in [3.63, 3.8) is 0 Å². The van der Waals surface area contributed by atoms with Gasteiger partial charge in [0.05, 0.1) is 18.2 Å². The summed E-state index contributed by atoms with van der Waals surface area (Å²) in [6, 6.07) is 2.77. The van der Waals surface area contributed by atoms with Gasteiger partial charge in [0.1, 0.15) is 17.5 Å². The van der Waals surface area contributed by atoms with Gasteiger partial charge in [0.2, 0.25) is 17.5 Å². The molecule has 0 bridgehead atoms. The van der Waals surface area contributed by atoms with Crippen LogP contribution in [0.25, 0.3) is 43.8 Å². The maximum Gasteiger partial charge on any atom is 0.204 e. The van der Waals surface area contributed by atoms with E-state index in [9.17, 15) is 30.7 Å². The second kappa shape index (κ2) is 9.35.